The predicted molar refractivity (Wildman–Crippen MR) is 119 cm³/mol. The van der Waals surface area contributed by atoms with E-state index in [1.807, 2.05) is 6.07 Å². The summed E-state index contributed by atoms with van der Waals surface area (Å²) < 4.78 is 15.9. The second-order valence-corrected chi connectivity index (χ2v) is 7.92. The Labute approximate surface area is 192 Å². The van der Waals surface area contributed by atoms with Gasteiger partial charge in [0.05, 0.1) is 36.0 Å². The van der Waals surface area contributed by atoms with Gasteiger partial charge in [-0.1, -0.05) is 6.58 Å². The first-order chi connectivity index (χ1) is 16.0. The molecule has 1 fully saturated rings. The number of carbonyl (C=O) groups excluding carboxylic acids is 3. The molecule has 0 bridgehead atoms. The van der Waals surface area contributed by atoms with Crippen molar-refractivity contribution in [1.82, 2.24) is 0 Å². The van der Waals surface area contributed by atoms with E-state index in [1.54, 1.807) is 24.3 Å². The summed E-state index contributed by atoms with van der Waals surface area (Å²) >= 11 is 0. The van der Waals surface area contributed by atoms with Crippen LogP contribution >= 0.6 is 0 Å². The molecule has 0 heterocycles. The van der Waals surface area contributed by atoms with E-state index in [-0.39, 0.29) is 5.92 Å². The molecule has 1 aliphatic rings. The van der Waals surface area contributed by atoms with Crippen LogP contribution in [-0.2, 0) is 14.3 Å². The lowest BCUT2D eigenvalue weighted by Crippen LogP contribution is -2.23. The number of nitriles is 1. The number of nitrogens with zero attached hydrogens (tertiary/aromatic N) is 1. The summed E-state index contributed by atoms with van der Waals surface area (Å²) in [4.78, 5) is 35.7. The van der Waals surface area contributed by atoms with Gasteiger partial charge in [0.1, 0.15) is 5.75 Å². The lowest BCUT2D eigenvalue weighted by molar-refractivity contribution is -0.139. The lowest BCUT2D eigenvalue weighted by Gasteiger charge is -2.27. The first-order valence-electron chi connectivity index (χ1n) is 10.8. The van der Waals surface area contributed by atoms with Crippen molar-refractivity contribution in [3.05, 3.63) is 77.9 Å². The summed E-state index contributed by atoms with van der Waals surface area (Å²) in [7, 11) is 0. The molecule has 0 aromatic heterocycles. The highest BCUT2D eigenvalue weighted by molar-refractivity contribution is 5.92. The van der Waals surface area contributed by atoms with Gasteiger partial charge in [-0.3, -0.25) is 0 Å². The van der Waals surface area contributed by atoms with Gasteiger partial charge in [0.25, 0.3) is 0 Å². The molecule has 170 valence electrons. The SMILES string of the molecule is C=CC(=O)OCC1CCC(COC(=O)c2ccc(OC(=O)c3ccc(C#N)cc3)cc2)CC1. The summed E-state index contributed by atoms with van der Waals surface area (Å²) in [5, 5.41) is 8.82. The number of hydrogen-bond acceptors (Lipinski definition) is 7. The fourth-order valence-corrected chi connectivity index (χ4v) is 3.61. The van der Waals surface area contributed by atoms with Crippen molar-refractivity contribution in [1.29, 1.82) is 5.26 Å². The normalized spacial score (nSPS) is 17.3. The molecular formula is C26H25NO6. The molecule has 0 amide bonds. The Kier molecular flexibility index (Phi) is 8.36. The van der Waals surface area contributed by atoms with Gasteiger partial charge in [-0.05, 0) is 86.1 Å². The van der Waals surface area contributed by atoms with E-state index in [0.29, 0.717) is 41.6 Å². The monoisotopic (exact) mass is 447 g/mol. The second-order valence-electron chi connectivity index (χ2n) is 7.92. The van der Waals surface area contributed by atoms with E-state index in [1.165, 1.54) is 24.3 Å². The van der Waals surface area contributed by atoms with E-state index in [9.17, 15) is 14.4 Å². The zero-order valence-corrected chi connectivity index (χ0v) is 18.2. The Bertz CT molecular complexity index is 1030. The molecule has 0 aliphatic heterocycles. The maximum absolute atomic E-state index is 12.4. The molecule has 0 radical (unpaired) electrons. The molecule has 2 aromatic carbocycles. The van der Waals surface area contributed by atoms with E-state index in [0.717, 1.165) is 31.8 Å². The third kappa shape index (κ3) is 7.04. The maximum Gasteiger partial charge on any atom is 0.343 e. The number of ether oxygens (including phenoxy) is 3. The van der Waals surface area contributed by atoms with Gasteiger partial charge in [-0.15, -0.1) is 0 Å². The van der Waals surface area contributed by atoms with Gasteiger partial charge < -0.3 is 14.2 Å². The Morgan fingerprint density at radius 3 is 1.91 bits per heavy atom. The van der Waals surface area contributed by atoms with Gasteiger partial charge in [0.2, 0.25) is 0 Å². The molecule has 33 heavy (non-hydrogen) atoms. The molecule has 2 aromatic rings. The lowest BCUT2D eigenvalue weighted by atomic mass is 9.83. The van der Waals surface area contributed by atoms with E-state index >= 15 is 0 Å². The van der Waals surface area contributed by atoms with Crippen LogP contribution in [0.15, 0.2) is 61.2 Å². The first kappa shape index (κ1) is 23.7. The van der Waals surface area contributed by atoms with Crippen LogP contribution in [0.25, 0.3) is 0 Å². The zero-order chi connectivity index (χ0) is 23.6. The Morgan fingerprint density at radius 1 is 0.848 bits per heavy atom. The van der Waals surface area contributed by atoms with Crippen LogP contribution in [0, 0.1) is 23.2 Å². The largest absolute Gasteiger partial charge is 0.462 e. The quantitative estimate of drug-likeness (QED) is 0.334. The number of carbonyl (C=O) groups is 3. The van der Waals surface area contributed by atoms with Crippen LogP contribution in [0.5, 0.6) is 5.75 Å². The number of hydrogen-bond donors (Lipinski definition) is 0. The van der Waals surface area contributed by atoms with Crippen LogP contribution in [-0.4, -0.2) is 31.1 Å². The predicted octanol–water partition coefficient (Wildman–Crippen LogP) is 4.47. The minimum Gasteiger partial charge on any atom is -0.462 e. The molecule has 1 saturated carbocycles. The second kappa shape index (κ2) is 11.6. The fourth-order valence-electron chi connectivity index (χ4n) is 3.61. The molecule has 0 unspecified atom stereocenters. The molecule has 3 rings (SSSR count). The van der Waals surface area contributed by atoms with Crippen LogP contribution in [0.3, 0.4) is 0 Å². The van der Waals surface area contributed by atoms with Crippen LogP contribution in [0.1, 0.15) is 52.0 Å². The van der Waals surface area contributed by atoms with Crippen molar-refractivity contribution in [2.75, 3.05) is 13.2 Å². The van der Waals surface area contributed by atoms with Gasteiger partial charge in [-0.2, -0.15) is 5.26 Å². The van der Waals surface area contributed by atoms with Crippen molar-refractivity contribution in [2.24, 2.45) is 11.8 Å². The summed E-state index contributed by atoms with van der Waals surface area (Å²) in [6.45, 7) is 4.13. The summed E-state index contributed by atoms with van der Waals surface area (Å²) in [5.74, 6) is -0.461. The third-order valence-corrected chi connectivity index (χ3v) is 5.59. The highest BCUT2D eigenvalue weighted by Gasteiger charge is 2.23. The Morgan fingerprint density at radius 2 is 1.36 bits per heavy atom. The van der Waals surface area contributed by atoms with Crippen molar-refractivity contribution in [3.8, 4) is 11.8 Å². The average Bonchev–Trinajstić information content (AvgIpc) is 2.86. The van der Waals surface area contributed by atoms with Gasteiger partial charge in [0, 0.05) is 6.08 Å². The first-order valence-corrected chi connectivity index (χ1v) is 10.8. The smallest absolute Gasteiger partial charge is 0.343 e. The number of esters is 3. The number of benzene rings is 2. The minimum atomic E-state index is -0.551. The van der Waals surface area contributed by atoms with Crippen molar-refractivity contribution in [3.63, 3.8) is 0 Å². The Balaban J connectivity index is 1.42. The van der Waals surface area contributed by atoms with Crippen LogP contribution in [0.4, 0.5) is 0 Å². The fraction of sp³-hybridized carbons (Fsp3) is 0.308. The highest BCUT2D eigenvalue weighted by Crippen LogP contribution is 2.29. The zero-order valence-electron chi connectivity index (χ0n) is 18.2. The molecule has 7 nitrogen and oxygen atoms in total. The van der Waals surface area contributed by atoms with Crippen LogP contribution < -0.4 is 4.74 Å². The Hall–Kier alpha value is -3.92. The molecule has 7 heteroatoms. The van der Waals surface area contributed by atoms with E-state index in [4.69, 9.17) is 19.5 Å². The van der Waals surface area contributed by atoms with Crippen molar-refractivity contribution < 1.29 is 28.6 Å². The van der Waals surface area contributed by atoms with Crippen molar-refractivity contribution in [2.45, 2.75) is 25.7 Å². The van der Waals surface area contributed by atoms with Gasteiger partial charge in [-0.25, -0.2) is 14.4 Å². The summed E-state index contributed by atoms with van der Waals surface area (Å²) in [6.07, 6.45) is 4.83. The van der Waals surface area contributed by atoms with E-state index < -0.39 is 17.9 Å². The third-order valence-electron chi connectivity index (χ3n) is 5.59. The molecule has 0 saturated heterocycles. The molecule has 0 N–H and O–H groups in total. The topological polar surface area (TPSA) is 103 Å². The summed E-state index contributed by atoms with van der Waals surface area (Å²) in [6, 6.07) is 14.3. The standard InChI is InChI=1S/C26H25NO6/c1-2-24(28)31-16-19-3-5-20(6-4-19)17-32-25(29)21-11-13-23(14-12-21)33-26(30)22-9-7-18(15-27)8-10-22/h2,7-14,19-20H,1,3-6,16-17H2. The maximum atomic E-state index is 12.4. The van der Waals surface area contributed by atoms with Gasteiger partial charge >= 0.3 is 17.9 Å². The molecule has 1 aliphatic carbocycles. The number of rotatable bonds is 8. The summed E-state index contributed by atoms with van der Waals surface area (Å²) in [5.41, 5.74) is 1.15. The minimum absolute atomic E-state index is 0.285. The average molecular weight is 447 g/mol. The highest BCUT2D eigenvalue weighted by atomic mass is 16.5. The van der Waals surface area contributed by atoms with Crippen LogP contribution in [0.2, 0.25) is 0 Å². The van der Waals surface area contributed by atoms with Gasteiger partial charge in [0.15, 0.2) is 0 Å². The van der Waals surface area contributed by atoms with E-state index in [2.05, 4.69) is 6.58 Å². The van der Waals surface area contributed by atoms with Crippen molar-refractivity contribution >= 4 is 17.9 Å². The molecule has 0 spiro atoms. The molecule has 0 atom stereocenters. The molecular weight excluding hydrogens is 422 g/mol.